The first-order valence-electron chi connectivity index (χ1n) is 6.49. The van der Waals surface area contributed by atoms with Crippen molar-refractivity contribution >= 4 is 6.09 Å². The molecule has 0 bridgehead atoms. The van der Waals surface area contributed by atoms with E-state index in [9.17, 15) is 9.90 Å². The van der Waals surface area contributed by atoms with Gasteiger partial charge in [0.25, 0.3) is 0 Å². The molecule has 0 saturated carbocycles. The number of aliphatic hydroxyl groups excluding tert-OH is 1. The molecule has 0 radical (unpaired) electrons. The van der Waals surface area contributed by atoms with Crippen LogP contribution < -0.4 is 5.32 Å². The molecule has 1 aromatic rings. The van der Waals surface area contributed by atoms with E-state index in [-0.39, 0.29) is 6.04 Å². The number of amides is 1. The zero-order chi connectivity index (χ0) is 14.5. The highest BCUT2D eigenvalue weighted by Crippen LogP contribution is 2.10. The Morgan fingerprint density at radius 2 is 1.89 bits per heavy atom. The molecule has 1 amide bonds. The number of aliphatic hydroxyl groups is 1. The van der Waals surface area contributed by atoms with Gasteiger partial charge in [-0.2, -0.15) is 0 Å². The number of nitrogens with one attached hydrogen (secondary N) is 1. The molecule has 1 rings (SSSR count). The lowest BCUT2D eigenvalue weighted by molar-refractivity contribution is 0.0437. The van der Waals surface area contributed by atoms with Gasteiger partial charge in [-0.3, -0.25) is 0 Å². The van der Waals surface area contributed by atoms with Gasteiger partial charge in [0.1, 0.15) is 5.60 Å². The Kier molecular flexibility index (Phi) is 5.36. The fourth-order valence-corrected chi connectivity index (χ4v) is 1.67. The predicted octanol–water partition coefficient (Wildman–Crippen LogP) is 2.50. The molecule has 0 spiro atoms. The summed E-state index contributed by atoms with van der Waals surface area (Å²) in [4.78, 5) is 11.7. The summed E-state index contributed by atoms with van der Waals surface area (Å²) in [6, 6.07) is 9.36. The highest BCUT2D eigenvalue weighted by Gasteiger charge is 2.22. The van der Waals surface area contributed by atoms with E-state index in [1.165, 1.54) is 0 Å². The van der Waals surface area contributed by atoms with Crippen molar-refractivity contribution in [3.63, 3.8) is 0 Å². The molecule has 106 valence electrons. The highest BCUT2D eigenvalue weighted by atomic mass is 16.6. The van der Waals surface area contributed by atoms with Crippen LogP contribution in [0.5, 0.6) is 0 Å². The monoisotopic (exact) mass is 265 g/mol. The number of alkyl carbamates (subject to hydrolysis) is 1. The van der Waals surface area contributed by atoms with Crippen LogP contribution in [0.15, 0.2) is 30.3 Å². The predicted molar refractivity (Wildman–Crippen MR) is 75.0 cm³/mol. The number of carbonyl (C=O) groups is 1. The Labute approximate surface area is 114 Å². The lowest BCUT2D eigenvalue weighted by atomic mass is 10.0. The standard InChI is InChI=1S/C15H23NO3/c1-11(17)13(10-12-8-6-5-7-9-12)16-14(18)19-15(2,3)4/h5-9,11,13,17H,10H2,1-4H3,(H,16,18)/t11-,13+/m1/s1. The molecular weight excluding hydrogens is 242 g/mol. The lowest BCUT2D eigenvalue weighted by Crippen LogP contribution is -2.45. The molecular formula is C15H23NO3. The van der Waals surface area contributed by atoms with Gasteiger partial charge < -0.3 is 15.2 Å². The van der Waals surface area contributed by atoms with Gasteiger partial charge in [0, 0.05) is 0 Å². The number of carbonyl (C=O) groups excluding carboxylic acids is 1. The van der Waals surface area contributed by atoms with Gasteiger partial charge in [-0.25, -0.2) is 4.79 Å². The maximum absolute atomic E-state index is 11.7. The van der Waals surface area contributed by atoms with Gasteiger partial charge in [0.2, 0.25) is 0 Å². The molecule has 0 aliphatic carbocycles. The Morgan fingerprint density at radius 3 is 2.37 bits per heavy atom. The second-order valence-corrected chi connectivity index (χ2v) is 5.68. The van der Waals surface area contributed by atoms with E-state index in [2.05, 4.69) is 5.32 Å². The fourth-order valence-electron chi connectivity index (χ4n) is 1.67. The summed E-state index contributed by atoms with van der Waals surface area (Å²) in [7, 11) is 0. The minimum Gasteiger partial charge on any atom is -0.444 e. The molecule has 4 nitrogen and oxygen atoms in total. The second kappa shape index (κ2) is 6.57. The van der Waals surface area contributed by atoms with E-state index in [4.69, 9.17) is 4.74 Å². The van der Waals surface area contributed by atoms with Crippen LogP contribution in [0.4, 0.5) is 4.79 Å². The number of hydrogen-bond donors (Lipinski definition) is 2. The summed E-state index contributed by atoms with van der Waals surface area (Å²) < 4.78 is 5.19. The average molecular weight is 265 g/mol. The van der Waals surface area contributed by atoms with E-state index in [0.717, 1.165) is 5.56 Å². The molecule has 0 saturated heterocycles. The van der Waals surface area contributed by atoms with Gasteiger partial charge >= 0.3 is 6.09 Å². The SMILES string of the molecule is C[C@@H](O)[C@H](Cc1ccccc1)NC(=O)OC(C)(C)C. The van der Waals surface area contributed by atoms with Crippen LogP contribution in [-0.4, -0.2) is 28.9 Å². The summed E-state index contributed by atoms with van der Waals surface area (Å²) in [6.45, 7) is 7.08. The minimum absolute atomic E-state index is 0.364. The van der Waals surface area contributed by atoms with Crippen molar-refractivity contribution in [3.8, 4) is 0 Å². The third-order valence-electron chi connectivity index (χ3n) is 2.58. The third-order valence-corrected chi connectivity index (χ3v) is 2.58. The number of rotatable bonds is 4. The maximum Gasteiger partial charge on any atom is 0.407 e. The molecule has 4 heteroatoms. The third kappa shape index (κ3) is 6.25. The Hall–Kier alpha value is -1.55. The Morgan fingerprint density at radius 1 is 1.32 bits per heavy atom. The maximum atomic E-state index is 11.7. The van der Waals surface area contributed by atoms with Crippen molar-refractivity contribution in [2.75, 3.05) is 0 Å². The van der Waals surface area contributed by atoms with E-state index in [0.29, 0.717) is 6.42 Å². The fraction of sp³-hybridized carbons (Fsp3) is 0.533. The topological polar surface area (TPSA) is 58.6 Å². The Bertz CT molecular complexity index is 396. The van der Waals surface area contributed by atoms with Crippen molar-refractivity contribution in [1.29, 1.82) is 0 Å². The molecule has 19 heavy (non-hydrogen) atoms. The van der Waals surface area contributed by atoms with Crippen molar-refractivity contribution in [2.45, 2.75) is 51.9 Å². The lowest BCUT2D eigenvalue weighted by Gasteiger charge is -2.25. The molecule has 0 unspecified atom stereocenters. The molecule has 0 aliphatic heterocycles. The van der Waals surface area contributed by atoms with Crippen LogP contribution in [0, 0.1) is 0 Å². The first-order chi connectivity index (χ1) is 8.78. The van der Waals surface area contributed by atoms with Crippen LogP contribution in [0.3, 0.4) is 0 Å². The van der Waals surface area contributed by atoms with Crippen LogP contribution in [-0.2, 0) is 11.2 Å². The zero-order valence-corrected chi connectivity index (χ0v) is 12.0. The smallest absolute Gasteiger partial charge is 0.407 e. The van der Waals surface area contributed by atoms with E-state index in [1.54, 1.807) is 27.7 Å². The van der Waals surface area contributed by atoms with Crippen LogP contribution in [0.25, 0.3) is 0 Å². The normalized spacial score (nSPS) is 14.6. The van der Waals surface area contributed by atoms with E-state index in [1.807, 2.05) is 30.3 Å². The first-order valence-corrected chi connectivity index (χ1v) is 6.49. The highest BCUT2D eigenvalue weighted by molar-refractivity contribution is 5.68. The van der Waals surface area contributed by atoms with Gasteiger partial charge in [-0.15, -0.1) is 0 Å². The summed E-state index contributed by atoms with van der Waals surface area (Å²) in [5.74, 6) is 0. The largest absolute Gasteiger partial charge is 0.444 e. The van der Waals surface area contributed by atoms with Crippen LogP contribution in [0.1, 0.15) is 33.3 Å². The van der Waals surface area contributed by atoms with Gasteiger partial charge in [0.05, 0.1) is 12.1 Å². The average Bonchev–Trinajstić information content (AvgIpc) is 2.26. The molecule has 1 aromatic carbocycles. The molecule has 2 N–H and O–H groups in total. The molecule has 0 aromatic heterocycles. The Balaban J connectivity index is 2.61. The summed E-state index contributed by atoms with van der Waals surface area (Å²) in [6.07, 6.45) is -0.584. The molecule has 0 heterocycles. The van der Waals surface area contributed by atoms with Crippen molar-refractivity contribution < 1.29 is 14.6 Å². The van der Waals surface area contributed by atoms with E-state index >= 15 is 0 Å². The summed E-state index contributed by atoms with van der Waals surface area (Å²) in [5.41, 5.74) is 0.518. The van der Waals surface area contributed by atoms with Crippen LogP contribution >= 0.6 is 0 Å². The number of benzene rings is 1. The van der Waals surface area contributed by atoms with Gasteiger partial charge in [-0.1, -0.05) is 30.3 Å². The quantitative estimate of drug-likeness (QED) is 0.879. The molecule has 0 fully saturated rings. The molecule has 2 atom stereocenters. The van der Waals surface area contributed by atoms with Crippen molar-refractivity contribution in [1.82, 2.24) is 5.32 Å². The van der Waals surface area contributed by atoms with Crippen LogP contribution in [0.2, 0.25) is 0 Å². The van der Waals surface area contributed by atoms with Crippen molar-refractivity contribution in [3.05, 3.63) is 35.9 Å². The van der Waals surface area contributed by atoms with Crippen molar-refractivity contribution in [2.24, 2.45) is 0 Å². The first kappa shape index (κ1) is 15.5. The number of hydrogen-bond acceptors (Lipinski definition) is 3. The van der Waals surface area contributed by atoms with Gasteiger partial charge in [-0.05, 0) is 39.7 Å². The molecule has 0 aliphatic rings. The summed E-state index contributed by atoms with van der Waals surface area (Å²) in [5, 5.41) is 12.5. The van der Waals surface area contributed by atoms with E-state index < -0.39 is 17.8 Å². The number of ether oxygens (including phenoxy) is 1. The minimum atomic E-state index is -0.646. The zero-order valence-electron chi connectivity index (χ0n) is 12.0. The second-order valence-electron chi connectivity index (χ2n) is 5.68. The summed E-state index contributed by atoms with van der Waals surface area (Å²) >= 11 is 0. The van der Waals surface area contributed by atoms with Gasteiger partial charge in [0.15, 0.2) is 0 Å².